The number of hydrazone groups is 1. The van der Waals surface area contributed by atoms with Crippen LogP contribution in [0.4, 0.5) is 5.69 Å². The van der Waals surface area contributed by atoms with Crippen molar-refractivity contribution in [3.8, 4) is 11.5 Å². The molecule has 1 aliphatic rings. The summed E-state index contributed by atoms with van der Waals surface area (Å²) in [4.78, 5) is 24.4. The Bertz CT molecular complexity index is 975. The lowest BCUT2D eigenvalue weighted by molar-refractivity contribution is -0.134. The predicted octanol–water partition coefficient (Wildman–Crippen LogP) is 4.13. The van der Waals surface area contributed by atoms with E-state index in [0.717, 1.165) is 16.8 Å². The van der Waals surface area contributed by atoms with Gasteiger partial charge < -0.3 is 9.47 Å². The Morgan fingerprint density at radius 1 is 1.11 bits per heavy atom. The molecule has 0 N–H and O–H groups in total. The number of hydrogen-bond acceptors (Lipinski definition) is 5. The average molecular weight is 378 g/mol. The van der Waals surface area contributed by atoms with Gasteiger partial charge in [0.05, 0.1) is 24.1 Å². The molecule has 0 bridgehead atoms. The zero-order chi connectivity index (χ0) is 20.3. The summed E-state index contributed by atoms with van der Waals surface area (Å²) in [5.74, 6) is 0.237. The Kier molecular flexibility index (Phi) is 5.59. The van der Waals surface area contributed by atoms with Crippen LogP contribution in [-0.4, -0.2) is 24.7 Å². The molecule has 0 saturated heterocycles. The molecule has 1 aliphatic heterocycles. The number of ether oxygens (including phenoxy) is 2. The van der Waals surface area contributed by atoms with E-state index in [9.17, 15) is 9.59 Å². The van der Waals surface area contributed by atoms with Gasteiger partial charge in [0.2, 0.25) is 0 Å². The van der Waals surface area contributed by atoms with Gasteiger partial charge in [-0.1, -0.05) is 30.7 Å². The van der Waals surface area contributed by atoms with Gasteiger partial charge >= 0.3 is 5.97 Å². The van der Waals surface area contributed by atoms with E-state index in [0.29, 0.717) is 22.8 Å². The highest BCUT2D eigenvalue weighted by Gasteiger charge is 2.28. The molecule has 0 radical (unpaired) electrons. The quantitative estimate of drug-likeness (QED) is 0.446. The Morgan fingerprint density at radius 2 is 1.82 bits per heavy atom. The zero-order valence-electron chi connectivity index (χ0n) is 16.4. The molecule has 0 fully saturated rings. The fourth-order valence-corrected chi connectivity index (χ4v) is 2.77. The predicted molar refractivity (Wildman–Crippen MR) is 109 cm³/mol. The number of hydrogen-bond donors (Lipinski definition) is 0. The molecule has 0 aliphatic carbocycles. The lowest BCUT2D eigenvalue weighted by Gasteiger charge is -2.12. The largest absolute Gasteiger partial charge is 0.493 e. The number of nitrogens with zero attached hydrogens (tertiary/aromatic N) is 2. The van der Waals surface area contributed by atoms with Crippen molar-refractivity contribution in [2.45, 2.75) is 27.2 Å². The van der Waals surface area contributed by atoms with Gasteiger partial charge in [0, 0.05) is 6.42 Å². The molecule has 28 heavy (non-hydrogen) atoms. The van der Waals surface area contributed by atoms with Crippen molar-refractivity contribution in [1.29, 1.82) is 0 Å². The lowest BCUT2D eigenvalue weighted by atomic mass is 10.1. The van der Waals surface area contributed by atoms with Gasteiger partial charge in [0.1, 0.15) is 0 Å². The van der Waals surface area contributed by atoms with Crippen molar-refractivity contribution in [3.05, 3.63) is 59.2 Å². The molecule has 1 heterocycles. The number of methoxy groups -OCH3 is 1. The normalized spacial score (nSPS) is 15.0. The van der Waals surface area contributed by atoms with Gasteiger partial charge in [-0.2, -0.15) is 10.1 Å². The number of anilines is 1. The van der Waals surface area contributed by atoms with Crippen LogP contribution >= 0.6 is 0 Å². The van der Waals surface area contributed by atoms with Gasteiger partial charge in [-0.25, -0.2) is 0 Å². The summed E-state index contributed by atoms with van der Waals surface area (Å²) < 4.78 is 10.6. The van der Waals surface area contributed by atoms with Gasteiger partial charge in [0.25, 0.3) is 5.91 Å². The number of rotatable bonds is 5. The highest BCUT2D eigenvalue weighted by Crippen LogP contribution is 2.31. The van der Waals surface area contributed by atoms with Gasteiger partial charge in [-0.15, -0.1) is 0 Å². The monoisotopic (exact) mass is 378 g/mol. The minimum atomic E-state index is -0.341. The molecular weight excluding hydrogens is 356 g/mol. The maximum atomic E-state index is 12.9. The van der Waals surface area contributed by atoms with E-state index in [2.05, 4.69) is 5.10 Å². The first-order valence-electron chi connectivity index (χ1n) is 9.00. The van der Waals surface area contributed by atoms with E-state index in [1.165, 1.54) is 12.1 Å². The Hall–Kier alpha value is -3.41. The zero-order valence-corrected chi connectivity index (χ0v) is 16.4. The first-order chi connectivity index (χ1) is 13.4. The van der Waals surface area contributed by atoms with E-state index < -0.39 is 0 Å². The first kappa shape index (κ1) is 19.4. The van der Waals surface area contributed by atoms with Crippen molar-refractivity contribution in [1.82, 2.24) is 0 Å². The van der Waals surface area contributed by atoms with Crippen LogP contribution in [0.2, 0.25) is 0 Å². The third-order valence-electron chi connectivity index (χ3n) is 4.35. The number of carbonyl (C=O) groups is 2. The summed E-state index contributed by atoms with van der Waals surface area (Å²) >= 11 is 0. The van der Waals surface area contributed by atoms with Gasteiger partial charge in [0.15, 0.2) is 11.5 Å². The summed E-state index contributed by atoms with van der Waals surface area (Å²) in [6.07, 6.45) is 2.03. The van der Waals surface area contributed by atoms with E-state index >= 15 is 0 Å². The third-order valence-corrected chi connectivity index (χ3v) is 4.35. The molecule has 6 nitrogen and oxygen atoms in total. The fraction of sp³-hybridized carbons (Fsp3) is 0.227. The minimum absolute atomic E-state index is 0.193. The highest BCUT2D eigenvalue weighted by molar-refractivity contribution is 6.32. The molecule has 6 heteroatoms. The van der Waals surface area contributed by atoms with Gasteiger partial charge in [-0.05, 0) is 49.8 Å². The highest BCUT2D eigenvalue weighted by atomic mass is 16.6. The Balaban J connectivity index is 1.89. The van der Waals surface area contributed by atoms with Crippen LogP contribution < -0.4 is 14.5 Å². The standard InChI is InChI=1S/C22H22N2O4/c1-5-21(25)28-19-11-8-16(13-20(19)27-4)12-18-15(3)23-24(22(18)26)17-9-6-14(2)7-10-17/h6-13H,5H2,1-4H3. The second kappa shape index (κ2) is 8.08. The number of aryl methyl sites for hydroxylation is 1. The smallest absolute Gasteiger partial charge is 0.311 e. The Labute approximate surface area is 164 Å². The third kappa shape index (κ3) is 3.96. The van der Waals surface area contributed by atoms with Crippen molar-refractivity contribution < 1.29 is 19.1 Å². The minimum Gasteiger partial charge on any atom is -0.493 e. The summed E-state index contributed by atoms with van der Waals surface area (Å²) in [6, 6.07) is 12.8. The van der Waals surface area contributed by atoms with Crippen molar-refractivity contribution in [2.24, 2.45) is 5.10 Å². The molecule has 0 aromatic heterocycles. The van der Waals surface area contributed by atoms with Gasteiger partial charge in [-0.3, -0.25) is 9.59 Å². The molecule has 0 saturated carbocycles. The van der Waals surface area contributed by atoms with Crippen molar-refractivity contribution >= 4 is 29.4 Å². The molecule has 0 unspecified atom stereocenters. The molecule has 0 atom stereocenters. The molecular formula is C22H22N2O4. The summed E-state index contributed by atoms with van der Waals surface area (Å²) in [5.41, 5.74) is 3.71. The van der Waals surface area contributed by atoms with Crippen LogP contribution in [0.1, 0.15) is 31.4 Å². The number of esters is 1. The topological polar surface area (TPSA) is 68.2 Å². The SMILES string of the molecule is CCC(=O)Oc1ccc(C=C2C(=O)N(c3ccc(C)cc3)N=C2C)cc1OC. The van der Waals surface area contributed by atoms with Crippen molar-refractivity contribution in [3.63, 3.8) is 0 Å². The molecule has 2 aromatic carbocycles. The molecule has 3 rings (SSSR count). The molecule has 1 amide bonds. The van der Waals surface area contributed by atoms with Crippen LogP contribution in [0, 0.1) is 6.92 Å². The van der Waals surface area contributed by atoms with E-state index in [-0.39, 0.29) is 18.3 Å². The van der Waals surface area contributed by atoms with Crippen LogP contribution in [0.25, 0.3) is 6.08 Å². The van der Waals surface area contributed by atoms with Crippen LogP contribution in [0.3, 0.4) is 0 Å². The number of carbonyl (C=O) groups excluding carboxylic acids is 2. The van der Waals surface area contributed by atoms with Crippen LogP contribution in [0.5, 0.6) is 11.5 Å². The van der Waals surface area contributed by atoms with Crippen molar-refractivity contribution in [2.75, 3.05) is 12.1 Å². The average Bonchev–Trinajstić information content (AvgIpc) is 2.97. The fourth-order valence-electron chi connectivity index (χ4n) is 2.77. The number of benzene rings is 2. The number of amides is 1. The van der Waals surface area contributed by atoms with E-state index in [4.69, 9.17) is 9.47 Å². The summed E-state index contributed by atoms with van der Waals surface area (Å²) in [7, 11) is 1.50. The maximum absolute atomic E-state index is 12.9. The summed E-state index contributed by atoms with van der Waals surface area (Å²) in [6.45, 7) is 5.51. The van der Waals surface area contributed by atoms with Crippen LogP contribution in [0.15, 0.2) is 53.1 Å². The second-order valence-electron chi connectivity index (χ2n) is 6.43. The first-order valence-corrected chi connectivity index (χ1v) is 9.00. The van der Waals surface area contributed by atoms with E-state index in [1.807, 2.05) is 31.2 Å². The molecule has 0 spiro atoms. The maximum Gasteiger partial charge on any atom is 0.311 e. The summed E-state index contributed by atoms with van der Waals surface area (Å²) in [5, 5.41) is 5.79. The molecule has 144 valence electrons. The Morgan fingerprint density at radius 3 is 2.46 bits per heavy atom. The second-order valence-corrected chi connectivity index (χ2v) is 6.43. The van der Waals surface area contributed by atoms with Crippen LogP contribution in [-0.2, 0) is 9.59 Å². The molecule has 2 aromatic rings. The van der Waals surface area contributed by atoms with E-state index in [1.54, 1.807) is 38.1 Å². The lowest BCUT2D eigenvalue weighted by Crippen LogP contribution is -2.21.